The number of anilines is 1. The van der Waals surface area contributed by atoms with Gasteiger partial charge in [-0.1, -0.05) is 16.8 Å². The molecule has 2 aliphatic carbocycles. The summed E-state index contributed by atoms with van der Waals surface area (Å²) in [6.45, 7) is 2.26. The number of carboxylic acids is 1. The molecule has 0 amide bonds. The lowest BCUT2D eigenvalue weighted by molar-refractivity contribution is -0.143. The van der Waals surface area contributed by atoms with E-state index in [1.165, 1.54) is 0 Å². The van der Waals surface area contributed by atoms with Gasteiger partial charge in [-0.3, -0.25) is 4.79 Å². The molecular formula is C25H30ClN7O4. The Labute approximate surface area is 219 Å². The van der Waals surface area contributed by atoms with Crippen LogP contribution in [-0.2, 0) is 18.4 Å². The fourth-order valence-corrected chi connectivity index (χ4v) is 4.74. The maximum Gasteiger partial charge on any atom is 0.306 e. The van der Waals surface area contributed by atoms with Crippen LogP contribution >= 0.6 is 11.6 Å². The summed E-state index contributed by atoms with van der Waals surface area (Å²) >= 11 is 6.17. The lowest BCUT2D eigenvalue weighted by Gasteiger charge is -2.27. The van der Waals surface area contributed by atoms with Crippen LogP contribution < -0.4 is 14.8 Å². The third-order valence-electron chi connectivity index (χ3n) is 6.99. The highest BCUT2D eigenvalue weighted by atomic mass is 35.5. The summed E-state index contributed by atoms with van der Waals surface area (Å²) in [6.07, 6.45) is 6.14. The molecule has 37 heavy (non-hydrogen) atoms. The van der Waals surface area contributed by atoms with Crippen molar-refractivity contribution in [2.75, 3.05) is 5.32 Å². The van der Waals surface area contributed by atoms with Crippen molar-refractivity contribution in [2.45, 2.75) is 70.6 Å². The SMILES string of the molecule is Cc1nc(-c2nnn(C)c2CNc2cc(OC3CCC3)c(Cl)nn2)ccc1O[C@H]1CCC[C@H](C(=O)O)C1. The van der Waals surface area contributed by atoms with Gasteiger partial charge in [0.15, 0.2) is 16.7 Å². The minimum atomic E-state index is -0.756. The minimum Gasteiger partial charge on any atom is -0.489 e. The van der Waals surface area contributed by atoms with E-state index in [1.807, 2.05) is 26.1 Å². The molecule has 3 heterocycles. The molecule has 0 spiro atoms. The molecular weight excluding hydrogens is 498 g/mol. The molecule has 0 aliphatic heterocycles. The van der Waals surface area contributed by atoms with Gasteiger partial charge in [0.25, 0.3) is 0 Å². The van der Waals surface area contributed by atoms with Crippen molar-refractivity contribution in [3.8, 4) is 22.9 Å². The molecule has 2 N–H and O–H groups in total. The fraction of sp³-hybridized carbons (Fsp3) is 0.520. The van der Waals surface area contributed by atoms with E-state index >= 15 is 0 Å². The molecule has 2 atom stereocenters. The summed E-state index contributed by atoms with van der Waals surface area (Å²) in [7, 11) is 1.82. The number of pyridine rings is 1. The van der Waals surface area contributed by atoms with Crippen LogP contribution in [0.15, 0.2) is 18.2 Å². The Morgan fingerprint density at radius 3 is 2.59 bits per heavy atom. The van der Waals surface area contributed by atoms with E-state index in [9.17, 15) is 9.90 Å². The number of hydrogen-bond donors (Lipinski definition) is 2. The van der Waals surface area contributed by atoms with Gasteiger partial charge < -0.3 is 19.9 Å². The van der Waals surface area contributed by atoms with Crippen LogP contribution in [0.25, 0.3) is 11.4 Å². The number of ether oxygens (including phenoxy) is 2. The van der Waals surface area contributed by atoms with Crippen molar-refractivity contribution in [1.29, 1.82) is 0 Å². The van der Waals surface area contributed by atoms with Crippen LogP contribution in [-0.4, -0.2) is 53.5 Å². The van der Waals surface area contributed by atoms with Gasteiger partial charge in [0.1, 0.15) is 11.4 Å². The summed E-state index contributed by atoms with van der Waals surface area (Å²) in [4.78, 5) is 16.1. The predicted molar refractivity (Wildman–Crippen MR) is 136 cm³/mol. The number of carboxylic acid groups (broad SMARTS) is 1. The van der Waals surface area contributed by atoms with E-state index < -0.39 is 5.97 Å². The molecule has 11 nitrogen and oxygen atoms in total. The molecule has 0 bridgehead atoms. The largest absolute Gasteiger partial charge is 0.489 e. The number of rotatable bonds is 9. The average molecular weight is 528 g/mol. The number of aliphatic carboxylic acids is 1. The zero-order valence-corrected chi connectivity index (χ0v) is 21.6. The third-order valence-corrected chi connectivity index (χ3v) is 7.25. The molecule has 3 aromatic heterocycles. The highest BCUT2D eigenvalue weighted by molar-refractivity contribution is 6.30. The minimum absolute atomic E-state index is 0.129. The van der Waals surface area contributed by atoms with Crippen LogP contribution in [0.1, 0.15) is 56.3 Å². The summed E-state index contributed by atoms with van der Waals surface area (Å²) in [5.74, 6) is 0.596. The zero-order chi connectivity index (χ0) is 25.9. The summed E-state index contributed by atoms with van der Waals surface area (Å²) < 4.78 is 13.7. The zero-order valence-electron chi connectivity index (χ0n) is 20.9. The Hall–Kier alpha value is -3.47. The molecule has 12 heteroatoms. The van der Waals surface area contributed by atoms with Crippen molar-refractivity contribution in [1.82, 2.24) is 30.2 Å². The molecule has 2 aliphatic rings. The van der Waals surface area contributed by atoms with Gasteiger partial charge in [-0.05, 0) is 64.0 Å². The third kappa shape index (κ3) is 5.76. The van der Waals surface area contributed by atoms with Crippen LogP contribution in [0.4, 0.5) is 5.82 Å². The van der Waals surface area contributed by atoms with Gasteiger partial charge in [-0.25, -0.2) is 9.67 Å². The second-order valence-corrected chi connectivity index (χ2v) is 10.00. The highest BCUT2D eigenvalue weighted by Gasteiger charge is 2.28. The van der Waals surface area contributed by atoms with Gasteiger partial charge in [-0.15, -0.1) is 15.3 Å². The van der Waals surface area contributed by atoms with E-state index in [0.29, 0.717) is 53.8 Å². The van der Waals surface area contributed by atoms with E-state index in [4.69, 9.17) is 26.1 Å². The van der Waals surface area contributed by atoms with Crippen LogP contribution in [0.2, 0.25) is 5.15 Å². The first kappa shape index (κ1) is 25.2. The fourth-order valence-electron chi connectivity index (χ4n) is 4.61. The number of aryl methyl sites for hydroxylation is 2. The standard InChI is InChI=1S/C25H30ClN7O4/c1-14-20(37-17-8-3-5-15(11-17)25(34)35)10-9-18(28-14)23-19(33(2)32-30-23)13-27-22-12-21(24(26)31-29-22)36-16-6-4-7-16/h9-10,12,15-17H,3-8,11,13H2,1-2H3,(H,27,29)(H,34,35)/t15-,17-/m0/s1. The van der Waals surface area contributed by atoms with Crippen molar-refractivity contribution in [3.63, 3.8) is 0 Å². The first-order chi connectivity index (χ1) is 17.9. The number of aromatic nitrogens is 6. The van der Waals surface area contributed by atoms with Gasteiger partial charge in [0.2, 0.25) is 0 Å². The monoisotopic (exact) mass is 527 g/mol. The summed E-state index contributed by atoms with van der Waals surface area (Å²) in [5, 5.41) is 29.5. The molecule has 2 saturated carbocycles. The Morgan fingerprint density at radius 1 is 1.11 bits per heavy atom. The number of nitrogens with zero attached hydrogens (tertiary/aromatic N) is 6. The maximum atomic E-state index is 11.4. The van der Waals surface area contributed by atoms with Crippen LogP contribution in [0, 0.1) is 12.8 Å². The Balaban J connectivity index is 1.28. The number of hydrogen-bond acceptors (Lipinski definition) is 9. The summed E-state index contributed by atoms with van der Waals surface area (Å²) in [5.41, 5.74) is 2.83. The van der Waals surface area contributed by atoms with E-state index in [-0.39, 0.29) is 23.3 Å². The molecule has 196 valence electrons. The Bertz CT molecular complexity index is 1280. The second kappa shape index (κ2) is 10.9. The quantitative estimate of drug-likeness (QED) is 0.416. The highest BCUT2D eigenvalue weighted by Crippen LogP contribution is 2.32. The summed E-state index contributed by atoms with van der Waals surface area (Å²) in [6, 6.07) is 5.47. The first-order valence-corrected chi connectivity index (χ1v) is 12.9. The van der Waals surface area contributed by atoms with Gasteiger partial charge in [0.05, 0.1) is 41.8 Å². The van der Waals surface area contributed by atoms with Crippen molar-refractivity contribution in [2.24, 2.45) is 13.0 Å². The Morgan fingerprint density at radius 2 is 1.86 bits per heavy atom. The van der Waals surface area contributed by atoms with E-state index in [0.717, 1.165) is 37.8 Å². The average Bonchev–Trinajstić information content (AvgIpc) is 3.23. The van der Waals surface area contributed by atoms with Crippen LogP contribution in [0.5, 0.6) is 11.5 Å². The van der Waals surface area contributed by atoms with Gasteiger partial charge >= 0.3 is 5.97 Å². The molecule has 2 fully saturated rings. The predicted octanol–water partition coefficient (Wildman–Crippen LogP) is 4.19. The number of carbonyl (C=O) groups is 1. The number of halogens is 1. The van der Waals surface area contributed by atoms with E-state index in [1.54, 1.807) is 10.7 Å². The van der Waals surface area contributed by atoms with Gasteiger partial charge in [0, 0.05) is 13.1 Å². The molecule has 5 rings (SSSR count). The van der Waals surface area contributed by atoms with Crippen molar-refractivity contribution >= 4 is 23.4 Å². The lowest BCUT2D eigenvalue weighted by Crippen LogP contribution is -2.29. The second-order valence-electron chi connectivity index (χ2n) is 9.64. The normalized spacial score (nSPS) is 19.8. The van der Waals surface area contributed by atoms with Gasteiger partial charge in [-0.2, -0.15) is 0 Å². The molecule has 0 unspecified atom stereocenters. The van der Waals surface area contributed by atoms with E-state index in [2.05, 4.69) is 25.8 Å². The topological polar surface area (TPSA) is 137 Å². The number of nitrogens with one attached hydrogen (secondary N) is 1. The lowest BCUT2D eigenvalue weighted by atomic mass is 9.87. The molecule has 0 saturated heterocycles. The van der Waals surface area contributed by atoms with Crippen molar-refractivity contribution in [3.05, 3.63) is 34.7 Å². The first-order valence-electron chi connectivity index (χ1n) is 12.6. The molecule has 0 radical (unpaired) electrons. The van der Waals surface area contributed by atoms with Crippen LogP contribution in [0.3, 0.4) is 0 Å². The molecule has 0 aromatic carbocycles. The van der Waals surface area contributed by atoms with Crippen molar-refractivity contribution < 1.29 is 19.4 Å². The Kier molecular flexibility index (Phi) is 7.40. The maximum absolute atomic E-state index is 11.4. The smallest absolute Gasteiger partial charge is 0.306 e. The molecule has 3 aromatic rings.